The smallest absolute Gasteiger partial charge is 0.250 e. The normalized spacial score (nSPS) is 13.5. The van der Waals surface area contributed by atoms with Gasteiger partial charge >= 0.3 is 0 Å². The molecule has 5 nitrogen and oxygen atoms in total. The molecule has 0 amide bonds. The van der Waals surface area contributed by atoms with Crippen LogP contribution in [0.5, 0.6) is 0 Å². The van der Waals surface area contributed by atoms with E-state index in [1.165, 1.54) is 11.3 Å². The third-order valence-corrected chi connectivity index (χ3v) is 6.37. The zero-order valence-electron chi connectivity index (χ0n) is 12.6. The minimum atomic E-state index is -3.54. The van der Waals surface area contributed by atoms with E-state index in [4.69, 9.17) is 4.42 Å². The van der Waals surface area contributed by atoms with Gasteiger partial charge in [-0.25, -0.2) is 13.1 Å². The lowest BCUT2D eigenvalue weighted by Gasteiger charge is -2.10. The molecule has 0 aliphatic carbocycles. The van der Waals surface area contributed by atoms with Crippen molar-refractivity contribution in [2.75, 3.05) is 7.05 Å². The molecule has 116 valence electrons. The lowest BCUT2D eigenvalue weighted by atomic mass is 10.3. The summed E-state index contributed by atoms with van der Waals surface area (Å²) in [6.07, 6.45) is 0. The molecule has 7 heteroatoms. The number of sulfonamides is 1. The van der Waals surface area contributed by atoms with Crippen LogP contribution in [0.4, 0.5) is 0 Å². The van der Waals surface area contributed by atoms with E-state index in [2.05, 4.69) is 10.0 Å². The lowest BCUT2D eigenvalue weighted by molar-refractivity contribution is 0.441. The molecule has 1 atom stereocenters. The van der Waals surface area contributed by atoms with Crippen molar-refractivity contribution in [2.45, 2.75) is 37.6 Å². The lowest BCUT2D eigenvalue weighted by Crippen LogP contribution is -2.25. The van der Waals surface area contributed by atoms with Crippen molar-refractivity contribution in [3.05, 3.63) is 40.2 Å². The second-order valence-corrected chi connectivity index (χ2v) is 8.07. The highest BCUT2D eigenvalue weighted by Gasteiger charge is 2.23. The van der Waals surface area contributed by atoms with Crippen molar-refractivity contribution in [2.24, 2.45) is 0 Å². The summed E-state index contributed by atoms with van der Waals surface area (Å²) < 4.78 is 33.3. The predicted molar refractivity (Wildman–Crippen MR) is 84.0 cm³/mol. The van der Waals surface area contributed by atoms with Gasteiger partial charge in [0, 0.05) is 11.4 Å². The van der Waals surface area contributed by atoms with E-state index >= 15 is 0 Å². The van der Waals surface area contributed by atoms with Gasteiger partial charge < -0.3 is 9.73 Å². The fraction of sp³-hybridized carbons (Fsp3) is 0.429. The molecule has 0 saturated carbocycles. The number of nitrogens with one attached hydrogen (secondary N) is 2. The van der Waals surface area contributed by atoms with Gasteiger partial charge in [-0.05, 0) is 51.6 Å². The fourth-order valence-electron chi connectivity index (χ4n) is 1.99. The Labute approximate surface area is 129 Å². The largest absolute Gasteiger partial charge is 0.465 e. The van der Waals surface area contributed by atoms with E-state index in [1.54, 1.807) is 19.1 Å². The summed E-state index contributed by atoms with van der Waals surface area (Å²) in [7, 11) is -1.70. The maximum atomic E-state index is 12.4. The van der Waals surface area contributed by atoms with Crippen molar-refractivity contribution in [3.8, 4) is 0 Å². The van der Waals surface area contributed by atoms with Crippen LogP contribution in [-0.4, -0.2) is 15.5 Å². The Morgan fingerprint density at radius 1 is 1.33 bits per heavy atom. The van der Waals surface area contributed by atoms with E-state index in [0.717, 1.165) is 16.2 Å². The molecule has 0 spiro atoms. The summed E-state index contributed by atoms with van der Waals surface area (Å²) in [5.74, 6) is 1.37. The Kier molecular flexibility index (Phi) is 4.88. The Balaban J connectivity index is 2.20. The van der Waals surface area contributed by atoms with Crippen molar-refractivity contribution >= 4 is 21.4 Å². The van der Waals surface area contributed by atoms with Crippen molar-refractivity contribution < 1.29 is 12.8 Å². The number of aryl methyl sites for hydroxylation is 2. The van der Waals surface area contributed by atoms with Gasteiger partial charge in [-0.2, -0.15) is 0 Å². The molecule has 2 N–H and O–H groups in total. The van der Waals surface area contributed by atoms with Crippen molar-refractivity contribution in [3.63, 3.8) is 0 Å². The molecule has 2 aromatic rings. The third-order valence-electron chi connectivity index (χ3n) is 3.12. The van der Waals surface area contributed by atoms with Crippen LogP contribution in [0.1, 0.15) is 34.9 Å². The number of hydrogen-bond acceptors (Lipinski definition) is 5. The van der Waals surface area contributed by atoms with Crippen LogP contribution in [0.25, 0.3) is 0 Å². The number of rotatable bonds is 6. The molecule has 0 bridgehead atoms. The highest BCUT2D eigenvalue weighted by molar-refractivity contribution is 7.91. The van der Waals surface area contributed by atoms with Gasteiger partial charge in [0.25, 0.3) is 10.0 Å². The molecule has 0 saturated heterocycles. The van der Waals surface area contributed by atoms with E-state index in [0.29, 0.717) is 16.5 Å². The first-order chi connectivity index (χ1) is 9.83. The zero-order valence-corrected chi connectivity index (χ0v) is 14.2. The number of furan rings is 1. The van der Waals surface area contributed by atoms with E-state index < -0.39 is 16.1 Å². The van der Waals surface area contributed by atoms with Crippen LogP contribution >= 0.6 is 11.3 Å². The molecule has 21 heavy (non-hydrogen) atoms. The maximum Gasteiger partial charge on any atom is 0.250 e. The van der Waals surface area contributed by atoms with Crippen LogP contribution in [0.15, 0.2) is 26.8 Å². The summed E-state index contributed by atoms with van der Waals surface area (Å²) in [6.45, 7) is 6.18. The van der Waals surface area contributed by atoms with Crippen LogP contribution in [-0.2, 0) is 16.6 Å². The molecule has 0 aliphatic rings. The summed E-state index contributed by atoms with van der Waals surface area (Å²) in [5.41, 5.74) is 0.983. The van der Waals surface area contributed by atoms with Crippen LogP contribution < -0.4 is 10.0 Å². The molecule has 2 heterocycles. The Morgan fingerprint density at radius 3 is 2.62 bits per heavy atom. The minimum absolute atomic E-state index is 0.334. The summed E-state index contributed by atoms with van der Waals surface area (Å²) >= 11 is 1.29. The summed E-state index contributed by atoms with van der Waals surface area (Å²) in [4.78, 5) is 1.03. The van der Waals surface area contributed by atoms with Crippen molar-refractivity contribution in [1.82, 2.24) is 10.0 Å². The van der Waals surface area contributed by atoms with E-state index in [1.807, 2.05) is 27.0 Å². The highest BCUT2D eigenvalue weighted by Crippen LogP contribution is 2.27. The van der Waals surface area contributed by atoms with Crippen LogP contribution in [0, 0.1) is 13.8 Å². The first-order valence-electron chi connectivity index (χ1n) is 6.66. The molecular weight excluding hydrogens is 308 g/mol. The second kappa shape index (κ2) is 6.31. The predicted octanol–water partition coefficient (Wildman–Crippen LogP) is 2.72. The average molecular weight is 328 g/mol. The van der Waals surface area contributed by atoms with Gasteiger partial charge in [0.15, 0.2) is 0 Å². The van der Waals surface area contributed by atoms with Gasteiger partial charge in [-0.1, -0.05) is 0 Å². The monoisotopic (exact) mass is 328 g/mol. The van der Waals surface area contributed by atoms with E-state index in [9.17, 15) is 8.42 Å². The molecule has 1 unspecified atom stereocenters. The van der Waals surface area contributed by atoms with Gasteiger partial charge in [0.05, 0.1) is 6.04 Å². The Morgan fingerprint density at radius 2 is 2.05 bits per heavy atom. The quantitative estimate of drug-likeness (QED) is 0.855. The Bertz CT molecular complexity index is 716. The Hall–Kier alpha value is -1.15. The van der Waals surface area contributed by atoms with Crippen molar-refractivity contribution in [1.29, 1.82) is 0 Å². The molecule has 0 radical (unpaired) electrons. The SMILES string of the molecule is CNCc1sc(S(=O)(=O)NC(C)c2ccc(C)o2)cc1C. The summed E-state index contributed by atoms with van der Waals surface area (Å²) in [6, 6.07) is 4.91. The third kappa shape index (κ3) is 3.74. The van der Waals surface area contributed by atoms with E-state index in [-0.39, 0.29) is 0 Å². The minimum Gasteiger partial charge on any atom is -0.465 e. The second-order valence-electron chi connectivity index (χ2n) is 4.99. The van der Waals surface area contributed by atoms with Gasteiger partial charge in [-0.3, -0.25) is 0 Å². The molecule has 2 rings (SSSR count). The van der Waals surface area contributed by atoms with Gasteiger partial charge in [0.1, 0.15) is 15.7 Å². The van der Waals surface area contributed by atoms with Crippen LogP contribution in [0.2, 0.25) is 0 Å². The summed E-state index contributed by atoms with van der Waals surface area (Å²) in [5, 5.41) is 3.04. The highest BCUT2D eigenvalue weighted by atomic mass is 32.2. The first kappa shape index (κ1) is 16.2. The van der Waals surface area contributed by atoms with Gasteiger partial charge in [0.2, 0.25) is 0 Å². The standard InChI is InChI=1S/C14H20N2O3S2/c1-9-7-14(20-13(9)8-15-4)21(17,18)16-11(3)12-6-5-10(2)19-12/h5-7,11,15-16H,8H2,1-4H3. The molecule has 0 fully saturated rings. The molecular formula is C14H20N2O3S2. The molecule has 2 aromatic heterocycles. The number of hydrogen-bond donors (Lipinski definition) is 2. The maximum absolute atomic E-state index is 12.4. The fourth-order valence-corrected chi connectivity index (χ4v) is 4.82. The molecule has 0 aliphatic heterocycles. The zero-order chi connectivity index (χ0) is 15.6. The average Bonchev–Trinajstić information content (AvgIpc) is 2.97. The first-order valence-corrected chi connectivity index (χ1v) is 8.96. The topological polar surface area (TPSA) is 71.3 Å². The number of thiophene rings is 1. The molecule has 0 aromatic carbocycles. The van der Waals surface area contributed by atoms with Gasteiger partial charge in [-0.15, -0.1) is 11.3 Å². The van der Waals surface area contributed by atoms with Crippen LogP contribution in [0.3, 0.4) is 0 Å².